The molecule has 32 heavy (non-hydrogen) atoms. The van der Waals surface area contributed by atoms with Crippen molar-refractivity contribution in [3.05, 3.63) is 94.8 Å². The lowest BCUT2D eigenvalue weighted by Gasteiger charge is -2.29. The van der Waals surface area contributed by atoms with E-state index in [2.05, 4.69) is 0 Å². The van der Waals surface area contributed by atoms with Gasteiger partial charge in [0.05, 0.1) is 17.4 Å². The fraction of sp³-hybridized carbons (Fsp3) is 0.231. The number of anilines is 2. The summed E-state index contributed by atoms with van der Waals surface area (Å²) in [6.45, 7) is 5.79. The van der Waals surface area contributed by atoms with Crippen LogP contribution < -0.4 is 9.96 Å². The highest BCUT2D eigenvalue weighted by Gasteiger charge is 2.60. The first kappa shape index (κ1) is 20.4. The number of rotatable bonds is 3. The summed E-state index contributed by atoms with van der Waals surface area (Å²) in [5, 5.41) is 1.62. The lowest BCUT2D eigenvalue weighted by molar-refractivity contribution is -0.126. The first-order valence-corrected chi connectivity index (χ1v) is 10.6. The molecule has 0 radical (unpaired) electrons. The molecule has 0 N–H and O–H groups in total. The van der Waals surface area contributed by atoms with Gasteiger partial charge in [0.15, 0.2) is 6.10 Å². The summed E-state index contributed by atoms with van der Waals surface area (Å²) in [6, 6.07) is 18.7. The molecule has 3 atom stereocenters. The van der Waals surface area contributed by atoms with Gasteiger partial charge in [-0.3, -0.25) is 14.4 Å². The normalized spacial score (nSPS) is 22.6. The molecule has 2 fully saturated rings. The molecule has 0 saturated carbocycles. The Bertz CT molecular complexity index is 1190. The molecule has 2 aliphatic rings. The number of carbonyl (C=O) groups excluding carboxylic acids is 2. The van der Waals surface area contributed by atoms with Gasteiger partial charge < -0.3 is 0 Å². The van der Waals surface area contributed by atoms with Crippen molar-refractivity contribution in [1.82, 2.24) is 0 Å². The molecule has 3 aromatic rings. The summed E-state index contributed by atoms with van der Waals surface area (Å²) >= 11 is 0. The molecule has 5 rings (SSSR count). The van der Waals surface area contributed by atoms with Crippen molar-refractivity contribution in [2.75, 3.05) is 9.96 Å². The fourth-order valence-corrected chi connectivity index (χ4v) is 4.96. The van der Waals surface area contributed by atoms with Crippen LogP contribution in [0.1, 0.15) is 28.3 Å². The number of benzene rings is 3. The van der Waals surface area contributed by atoms with E-state index in [1.165, 1.54) is 17.0 Å². The first-order valence-electron chi connectivity index (χ1n) is 10.6. The van der Waals surface area contributed by atoms with Crippen LogP contribution in [0.25, 0.3) is 0 Å². The molecule has 6 heteroatoms. The average Bonchev–Trinajstić information content (AvgIpc) is 3.26. The summed E-state index contributed by atoms with van der Waals surface area (Å²) in [4.78, 5) is 34.6. The third-order valence-electron chi connectivity index (χ3n) is 6.20. The maximum Gasteiger partial charge on any atom is 0.266 e. The van der Waals surface area contributed by atoms with Gasteiger partial charge in [-0.15, -0.1) is 0 Å². The van der Waals surface area contributed by atoms with Crippen LogP contribution in [-0.4, -0.2) is 17.9 Å². The Morgan fingerprint density at radius 2 is 1.47 bits per heavy atom. The van der Waals surface area contributed by atoms with Crippen LogP contribution in [0.15, 0.2) is 66.7 Å². The third-order valence-corrected chi connectivity index (χ3v) is 6.20. The van der Waals surface area contributed by atoms with Gasteiger partial charge in [0, 0.05) is 0 Å². The minimum atomic E-state index is -0.946. The minimum Gasteiger partial charge on any atom is -0.273 e. The van der Waals surface area contributed by atoms with Crippen molar-refractivity contribution < 1.29 is 18.8 Å². The van der Waals surface area contributed by atoms with E-state index in [1.807, 2.05) is 63.2 Å². The Labute approximate surface area is 186 Å². The largest absolute Gasteiger partial charge is 0.273 e. The van der Waals surface area contributed by atoms with Crippen molar-refractivity contribution in [2.45, 2.75) is 32.9 Å². The molecule has 3 unspecified atom stereocenters. The average molecular weight is 430 g/mol. The van der Waals surface area contributed by atoms with Gasteiger partial charge in [-0.05, 0) is 61.7 Å². The van der Waals surface area contributed by atoms with Crippen LogP contribution >= 0.6 is 0 Å². The van der Waals surface area contributed by atoms with Gasteiger partial charge in [-0.2, -0.15) is 0 Å². The number of para-hydroxylation sites is 1. The predicted molar refractivity (Wildman–Crippen MR) is 120 cm³/mol. The first-order chi connectivity index (χ1) is 15.4. The van der Waals surface area contributed by atoms with Gasteiger partial charge in [-0.1, -0.05) is 48.0 Å². The van der Waals surface area contributed by atoms with Crippen LogP contribution in [0.4, 0.5) is 15.8 Å². The fourth-order valence-electron chi connectivity index (χ4n) is 4.96. The van der Waals surface area contributed by atoms with Gasteiger partial charge >= 0.3 is 0 Å². The summed E-state index contributed by atoms with van der Waals surface area (Å²) in [5.74, 6) is -1.78. The Hall–Kier alpha value is -3.51. The zero-order valence-corrected chi connectivity index (χ0v) is 18.1. The minimum absolute atomic E-state index is 0.303. The summed E-state index contributed by atoms with van der Waals surface area (Å²) < 4.78 is 13.6. The standard InChI is InChI=1S/C26H23FN2O3/c1-15-13-16(2)22(17(3)14-15)28-25(30)21-23(18-9-11-19(27)12-10-18)29(32-24(21)26(28)31)20-7-5-4-6-8-20/h4-14,21,23-24H,1-3H3. The van der Waals surface area contributed by atoms with Gasteiger partial charge in [0.2, 0.25) is 5.91 Å². The summed E-state index contributed by atoms with van der Waals surface area (Å²) in [7, 11) is 0. The second kappa shape index (κ2) is 7.57. The zero-order chi connectivity index (χ0) is 22.6. The van der Waals surface area contributed by atoms with Crippen molar-refractivity contribution in [2.24, 2.45) is 5.92 Å². The number of carbonyl (C=O) groups is 2. The number of amides is 2. The van der Waals surface area contributed by atoms with E-state index in [1.54, 1.807) is 17.2 Å². The van der Waals surface area contributed by atoms with E-state index in [0.29, 0.717) is 11.3 Å². The zero-order valence-electron chi connectivity index (χ0n) is 18.1. The monoisotopic (exact) mass is 430 g/mol. The molecule has 162 valence electrons. The van der Waals surface area contributed by atoms with E-state index < -0.39 is 18.1 Å². The Morgan fingerprint density at radius 1 is 0.844 bits per heavy atom. The Morgan fingerprint density at radius 3 is 2.09 bits per heavy atom. The third kappa shape index (κ3) is 3.10. The molecular weight excluding hydrogens is 407 g/mol. The van der Waals surface area contributed by atoms with Crippen molar-refractivity contribution in [3.8, 4) is 0 Å². The highest BCUT2D eigenvalue weighted by molar-refractivity contribution is 6.24. The van der Waals surface area contributed by atoms with Crippen molar-refractivity contribution >= 4 is 23.2 Å². The van der Waals surface area contributed by atoms with E-state index in [9.17, 15) is 14.0 Å². The quantitative estimate of drug-likeness (QED) is 0.560. The number of hydrogen-bond donors (Lipinski definition) is 0. The molecular formula is C26H23FN2O3. The number of hydrogen-bond acceptors (Lipinski definition) is 4. The van der Waals surface area contributed by atoms with Gasteiger partial charge in [-0.25, -0.2) is 14.4 Å². The molecule has 0 bridgehead atoms. The maximum absolute atomic E-state index is 13.7. The van der Waals surface area contributed by atoms with Gasteiger partial charge in [0.1, 0.15) is 11.7 Å². The number of fused-ring (bicyclic) bond motifs is 1. The van der Waals surface area contributed by atoms with E-state index in [4.69, 9.17) is 4.84 Å². The second-order valence-corrected chi connectivity index (χ2v) is 8.47. The SMILES string of the molecule is Cc1cc(C)c(N2C(=O)C3ON(c4ccccc4)C(c4ccc(F)cc4)C3C2=O)c(C)c1. The van der Waals surface area contributed by atoms with E-state index >= 15 is 0 Å². The number of imide groups is 1. The molecule has 3 aromatic carbocycles. The van der Waals surface area contributed by atoms with E-state index in [0.717, 1.165) is 22.4 Å². The topological polar surface area (TPSA) is 49.9 Å². The maximum atomic E-state index is 13.7. The van der Waals surface area contributed by atoms with Crippen LogP contribution in [0, 0.1) is 32.5 Å². The van der Waals surface area contributed by atoms with Crippen LogP contribution in [0.5, 0.6) is 0 Å². The molecule has 2 aliphatic heterocycles. The molecule has 0 spiro atoms. The summed E-state index contributed by atoms with van der Waals surface area (Å²) in [5.41, 5.74) is 4.85. The van der Waals surface area contributed by atoms with Crippen molar-refractivity contribution in [3.63, 3.8) is 0 Å². The molecule has 0 aromatic heterocycles. The Kier molecular flexibility index (Phi) is 4.82. The molecule has 2 amide bonds. The lowest BCUT2D eigenvalue weighted by Crippen LogP contribution is -2.38. The summed E-state index contributed by atoms with van der Waals surface area (Å²) in [6.07, 6.45) is -0.946. The number of nitrogens with zero attached hydrogens (tertiary/aromatic N) is 2. The number of halogens is 1. The van der Waals surface area contributed by atoms with Crippen molar-refractivity contribution in [1.29, 1.82) is 0 Å². The van der Waals surface area contributed by atoms with Crippen LogP contribution in [0.3, 0.4) is 0 Å². The molecule has 2 heterocycles. The van der Waals surface area contributed by atoms with Crippen LogP contribution in [-0.2, 0) is 14.4 Å². The van der Waals surface area contributed by atoms with Crippen LogP contribution in [0.2, 0.25) is 0 Å². The number of hydroxylamine groups is 1. The number of aryl methyl sites for hydroxylation is 3. The van der Waals surface area contributed by atoms with E-state index in [-0.39, 0.29) is 17.6 Å². The highest BCUT2D eigenvalue weighted by Crippen LogP contribution is 2.48. The molecule has 2 saturated heterocycles. The second-order valence-electron chi connectivity index (χ2n) is 8.47. The van der Waals surface area contributed by atoms with Gasteiger partial charge in [0.25, 0.3) is 5.91 Å². The predicted octanol–water partition coefficient (Wildman–Crippen LogP) is 4.80. The molecule has 5 nitrogen and oxygen atoms in total. The molecule has 0 aliphatic carbocycles. The lowest BCUT2D eigenvalue weighted by atomic mass is 9.90. The highest BCUT2D eigenvalue weighted by atomic mass is 19.1. The Balaban J connectivity index is 1.61. The smallest absolute Gasteiger partial charge is 0.266 e.